The smallest absolute Gasteiger partial charge is 0.335 e. The zero-order valence-electron chi connectivity index (χ0n) is 58.8. The fraction of sp³-hybridized carbons (Fsp3) is 0.822. The molecule has 0 aromatic heterocycles. The Balaban J connectivity index is 0.000000152. The van der Waals surface area contributed by atoms with E-state index in [1.54, 1.807) is 62.3 Å². The predicted molar refractivity (Wildman–Crippen MR) is 339 cm³/mol. The molecule has 4 aliphatic heterocycles. The van der Waals surface area contributed by atoms with Gasteiger partial charge in [0.15, 0.2) is 23.1 Å². The van der Waals surface area contributed by atoms with E-state index in [0.717, 1.165) is 51.4 Å². The summed E-state index contributed by atoms with van der Waals surface area (Å²) in [7, 11) is 0. The largest absolute Gasteiger partial charge is 0.460 e. The Morgan fingerprint density at radius 3 is 1.11 bits per heavy atom. The van der Waals surface area contributed by atoms with Crippen LogP contribution in [-0.4, -0.2) is 174 Å². The van der Waals surface area contributed by atoms with Gasteiger partial charge in [0.25, 0.3) is 0 Å². The van der Waals surface area contributed by atoms with Gasteiger partial charge in [0.05, 0.1) is 61.5 Å². The summed E-state index contributed by atoms with van der Waals surface area (Å²) in [5.74, 6) is -14.3. The molecule has 16 rings (SSSR count). The average molecular weight is 1410 g/mol. The number of esters is 6. The molecule has 16 aliphatic rings. The second-order valence-corrected chi connectivity index (χ2v) is 33.0. The van der Waals surface area contributed by atoms with Crippen molar-refractivity contribution < 1.29 is 123 Å². The van der Waals surface area contributed by atoms with Gasteiger partial charge in [0.1, 0.15) is 55.6 Å². The fourth-order valence-electron chi connectivity index (χ4n) is 19.8. The summed E-state index contributed by atoms with van der Waals surface area (Å²) < 4.78 is 136. The number of Topliss-reactive ketones (excluding diaryl/α,β-unsaturated/α-hetero) is 1. The molecule has 12 saturated carbocycles. The topological polar surface area (TPSA) is 269 Å². The molecule has 0 amide bonds. The van der Waals surface area contributed by atoms with Crippen molar-refractivity contribution in [1.29, 1.82) is 0 Å². The van der Waals surface area contributed by atoms with Crippen molar-refractivity contribution in [3.8, 4) is 0 Å². The van der Waals surface area contributed by atoms with E-state index >= 15 is 0 Å². The highest BCUT2D eigenvalue weighted by Crippen LogP contribution is 2.65. The number of hydrogen-bond acceptors (Lipinski definition) is 22. The third kappa shape index (κ3) is 17.5. The monoisotopic (exact) mass is 1410 g/mol. The van der Waals surface area contributed by atoms with Crippen molar-refractivity contribution >= 4 is 41.6 Å². The number of carbonyl (C=O) groups is 7. The molecule has 0 aromatic carbocycles. The molecule has 1 spiro atoms. The van der Waals surface area contributed by atoms with Crippen LogP contribution in [0.25, 0.3) is 0 Å². The van der Waals surface area contributed by atoms with E-state index in [1.165, 1.54) is 0 Å². The number of ether oxygens (including phenoxy) is 14. The maximum Gasteiger partial charge on any atom is 0.335 e. The van der Waals surface area contributed by atoms with Crippen LogP contribution in [0.1, 0.15) is 204 Å². The Morgan fingerprint density at radius 2 is 0.758 bits per heavy atom. The van der Waals surface area contributed by atoms with Crippen molar-refractivity contribution in [3.63, 3.8) is 0 Å². The second kappa shape index (κ2) is 27.9. The summed E-state index contributed by atoms with van der Waals surface area (Å²) in [6.45, 7) is 23.3. The third-order valence-corrected chi connectivity index (χ3v) is 22.4. The molecule has 12 bridgehead atoms. The van der Waals surface area contributed by atoms with E-state index < -0.39 is 119 Å². The number of carbonyl (C=O) groups excluding carboxylic acids is 7. The highest BCUT2D eigenvalue weighted by molar-refractivity contribution is 5.88. The molecule has 16 fully saturated rings. The van der Waals surface area contributed by atoms with E-state index in [1.807, 2.05) is 0 Å². The van der Waals surface area contributed by atoms with Crippen LogP contribution in [-0.2, 0) is 99.9 Å². The third-order valence-electron chi connectivity index (χ3n) is 22.4. The number of halogens is 4. The summed E-state index contributed by atoms with van der Waals surface area (Å²) in [5, 5.41) is 10.9. The Labute approximate surface area is 576 Å². The van der Waals surface area contributed by atoms with Crippen molar-refractivity contribution in [1.82, 2.24) is 0 Å². The normalized spacial score (nSPS) is 39.7. The first kappa shape index (κ1) is 75.2. The van der Waals surface area contributed by atoms with Gasteiger partial charge >= 0.3 is 47.7 Å². The minimum absolute atomic E-state index is 0.0147. The quantitative estimate of drug-likeness (QED) is 0.0578. The zero-order valence-corrected chi connectivity index (χ0v) is 58.8. The molecule has 4 heterocycles. The molecule has 26 heteroatoms. The fourth-order valence-corrected chi connectivity index (χ4v) is 19.8. The SMILES string of the molecule is C=C(C)C(=O)OCC1CC(CC(=O)OC23CC4CC(C2)C(=O)C(C4)C3)OC(C)(C)O1.C=C(C)C(=O)OCC1CC(CC(=O)OC23CC4CC(C2)C2(OCC(F)(F)C(F)(F)CO2)C(C4)C3)OC(C)(C)O1.C=C(C)C(=O)OCC1CC(CC(=O)OC23CC4CC(CC(O)(C4)C2)C3)OC(C)(C)O1. The van der Waals surface area contributed by atoms with Gasteiger partial charge in [-0.15, -0.1) is 0 Å². The standard InChI is InChI=1S/C27H36F4O8.C23H34O7.C23H32O7/c1-15(2)22(33)34-12-20-7-19(37-23(3,4)38-20)8-21(32)39-24-9-16-5-17(10-24)27(18(6-16)11-24)35-13-25(28,29)26(30,31)14-36-27;1-14(2)20(25)27-12-18-6-17(28-21(3,4)29-18)7-19(24)30-23-10-15-5-16(11-23)9-22(26,8-15)13-23;1-13(2)21(26)27-12-18-7-17(28-22(3,4)29-18)8-19(24)30-23-9-14-5-15(10-23)20(25)16(6-14)11-23/h16-20H,1,5-14H2,2-4H3;15-18,26H,1,5-13H2,2-4H3;14-18H,1,5-12H2,2-4H3. The van der Waals surface area contributed by atoms with Crippen LogP contribution >= 0.6 is 0 Å². The van der Waals surface area contributed by atoms with Crippen molar-refractivity contribution in [2.45, 2.75) is 298 Å². The van der Waals surface area contributed by atoms with E-state index in [0.29, 0.717) is 105 Å². The maximum absolute atomic E-state index is 14.0. The van der Waals surface area contributed by atoms with Gasteiger partial charge in [-0.3, -0.25) is 19.2 Å². The lowest BCUT2D eigenvalue weighted by Gasteiger charge is -2.63. The average Bonchev–Trinajstić information content (AvgIpc) is 1.67. The molecule has 12 aliphatic carbocycles. The van der Waals surface area contributed by atoms with Gasteiger partial charge in [0.2, 0.25) is 0 Å². The summed E-state index contributed by atoms with van der Waals surface area (Å²) in [5.41, 5.74) is -1.57. The molecule has 12 atom stereocenters. The molecular formula is C73H102F4O22. The van der Waals surface area contributed by atoms with Crippen LogP contribution in [0.2, 0.25) is 0 Å². The minimum atomic E-state index is -4.33. The van der Waals surface area contributed by atoms with Crippen LogP contribution in [0.5, 0.6) is 0 Å². The highest BCUT2D eigenvalue weighted by atomic mass is 19.3. The van der Waals surface area contributed by atoms with E-state index in [9.17, 15) is 56.2 Å². The Bertz CT molecular complexity index is 3070. The lowest BCUT2D eigenvalue weighted by molar-refractivity contribution is -0.355. The molecule has 12 unspecified atom stereocenters. The molecule has 0 aromatic rings. The van der Waals surface area contributed by atoms with Gasteiger partial charge in [-0.1, -0.05) is 19.7 Å². The zero-order chi connectivity index (χ0) is 71.8. The Hall–Kier alpha value is -4.93. The predicted octanol–water partition coefficient (Wildman–Crippen LogP) is 10.7. The number of ketones is 1. The lowest BCUT2D eigenvalue weighted by atomic mass is 9.51. The Kier molecular flexibility index (Phi) is 21.2. The van der Waals surface area contributed by atoms with Gasteiger partial charge in [0, 0.05) is 66.1 Å². The number of rotatable bonds is 18. The van der Waals surface area contributed by atoms with Gasteiger partial charge in [-0.25, -0.2) is 14.4 Å². The number of hydrogen-bond donors (Lipinski definition) is 1. The van der Waals surface area contributed by atoms with E-state index in [4.69, 9.17) is 66.3 Å². The summed E-state index contributed by atoms with van der Waals surface area (Å²) in [6.07, 6.45) is 10.4. The van der Waals surface area contributed by atoms with Crippen LogP contribution in [0.4, 0.5) is 17.6 Å². The summed E-state index contributed by atoms with van der Waals surface area (Å²) >= 11 is 0. The molecule has 0 radical (unpaired) electrons. The van der Waals surface area contributed by atoms with Crippen molar-refractivity contribution in [3.05, 3.63) is 36.5 Å². The van der Waals surface area contributed by atoms with Crippen LogP contribution in [0.15, 0.2) is 36.5 Å². The second-order valence-electron chi connectivity index (χ2n) is 33.0. The van der Waals surface area contributed by atoms with Gasteiger partial charge < -0.3 is 71.4 Å². The first-order valence-corrected chi connectivity index (χ1v) is 35.5. The van der Waals surface area contributed by atoms with Crippen LogP contribution in [0, 0.1) is 47.3 Å². The summed E-state index contributed by atoms with van der Waals surface area (Å²) in [4.78, 5) is 86.3. The number of aliphatic hydroxyl groups is 1. The summed E-state index contributed by atoms with van der Waals surface area (Å²) in [6, 6.07) is 0. The molecule has 554 valence electrons. The maximum atomic E-state index is 14.0. The van der Waals surface area contributed by atoms with E-state index in [-0.39, 0.29) is 98.8 Å². The van der Waals surface area contributed by atoms with Gasteiger partial charge in [-0.2, -0.15) is 17.6 Å². The first-order chi connectivity index (χ1) is 46.0. The molecule has 99 heavy (non-hydrogen) atoms. The molecule has 4 saturated heterocycles. The number of alkyl halides is 4. The van der Waals surface area contributed by atoms with Gasteiger partial charge in [-0.05, 0) is 182 Å². The first-order valence-electron chi connectivity index (χ1n) is 35.5. The molecule has 22 nitrogen and oxygen atoms in total. The Morgan fingerprint density at radius 1 is 0.434 bits per heavy atom. The minimum Gasteiger partial charge on any atom is -0.460 e. The molecule has 1 N–H and O–H groups in total. The van der Waals surface area contributed by atoms with Crippen molar-refractivity contribution in [2.75, 3.05) is 33.0 Å². The lowest BCUT2D eigenvalue weighted by Crippen LogP contribution is -2.66. The van der Waals surface area contributed by atoms with Crippen LogP contribution < -0.4 is 0 Å². The van der Waals surface area contributed by atoms with E-state index in [2.05, 4.69) is 19.7 Å². The van der Waals surface area contributed by atoms with Crippen LogP contribution in [0.3, 0.4) is 0 Å². The molecular weight excluding hydrogens is 1300 g/mol. The van der Waals surface area contributed by atoms with Crippen molar-refractivity contribution in [2.24, 2.45) is 47.3 Å². The highest BCUT2D eigenvalue weighted by Gasteiger charge is 2.70.